The second kappa shape index (κ2) is 7.28. The van der Waals surface area contributed by atoms with Crippen LogP contribution in [-0.4, -0.2) is 44.2 Å². The zero-order valence-electron chi connectivity index (χ0n) is 16.7. The van der Waals surface area contributed by atoms with E-state index in [0.717, 1.165) is 17.1 Å². The Bertz CT molecular complexity index is 1190. The third-order valence-corrected chi connectivity index (χ3v) is 6.38. The van der Waals surface area contributed by atoms with Gasteiger partial charge in [0.1, 0.15) is 12.2 Å². The minimum atomic E-state index is -0.879. The van der Waals surface area contributed by atoms with Crippen molar-refractivity contribution < 1.29 is 14.4 Å². The number of nitrogens with zero attached hydrogens (tertiary/aromatic N) is 4. The fourth-order valence-corrected chi connectivity index (χ4v) is 4.83. The molecule has 156 valence electrons. The largest absolute Gasteiger partial charge is 0.306 e. The molecular weight excluding hydrogens is 414 g/mol. The van der Waals surface area contributed by atoms with Gasteiger partial charge in [-0.2, -0.15) is 9.36 Å². The highest BCUT2D eigenvalue weighted by Gasteiger charge is 2.53. The Labute approximate surface area is 182 Å². The Morgan fingerprint density at radius 2 is 1.87 bits per heavy atom. The van der Waals surface area contributed by atoms with E-state index in [1.807, 2.05) is 37.3 Å². The molecule has 1 N–H and O–H groups in total. The normalized spacial score (nSPS) is 19.9. The zero-order chi connectivity index (χ0) is 21.6. The molecule has 1 saturated heterocycles. The van der Waals surface area contributed by atoms with Crippen molar-refractivity contribution in [3.8, 4) is 11.4 Å². The van der Waals surface area contributed by atoms with Crippen molar-refractivity contribution in [2.45, 2.75) is 25.4 Å². The maximum atomic E-state index is 13.2. The van der Waals surface area contributed by atoms with E-state index in [9.17, 15) is 14.4 Å². The Kier molecular flexibility index (Phi) is 4.55. The summed E-state index contributed by atoms with van der Waals surface area (Å²) in [5, 5.41) is 3.10. The molecule has 0 aliphatic carbocycles. The average molecular weight is 433 g/mol. The van der Waals surface area contributed by atoms with Gasteiger partial charge in [-0.15, -0.1) is 0 Å². The first-order chi connectivity index (χ1) is 15.0. The molecule has 0 saturated carbocycles. The molecule has 3 heterocycles. The van der Waals surface area contributed by atoms with Crippen molar-refractivity contribution in [2.75, 3.05) is 16.8 Å². The number of benzene rings is 2. The second-order valence-electron chi connectivity index (χ2n) is 7.69. The lowest BCUT2D eigenvalue weighted by Crippen LogP contribution is -2.63. The van der Waals surface area contributed by atoms with E-state index in [4.69, 9.17) is 0 Å². The van der Waals surface area contributed by atoms with Crippen molar-refractivity contribution in [1.82, 2.24) is 14.3 Å². The minimum absolute atomic E-state index is 0.0514. The summed E-state index contributed by atoms with van der Waals surface area (Å²) in [4.78, 5) is 46.2. The summed E-state index contributed by atoms with van der Waals surface area (Å²) in [6.07, 6.45) is 0.795. The van der Waals surface area contributed by atoms with E-state index in [2.05, 4.69) is 14.7 Å². The van der Waals surface area contributed by atoms with Gasteiger partial charge in [0.15, 0.2) is 5.82 Å². The van der Waals surface area contributed by atoms with Crippen LogP contribution >= 0.6 is 11.5 Å². The molecule has 31 heavy (non-hydrogen) atoms. The predicted molar refractivity (Wildman–Crippen MR) is 117 cm³/mol. The molecular formula is C22H19N5O3S. The lowest BCUT2D eigenvalue weighted by atomic mass is 9.98. The molecule has 3 aromatic rings. The maximum absolute atomic E-state index is 13.2. The van der Waals surface area contributed by atoms with Crippen LogP contribution in [0.3, 0.4) is 0 Å². The van der Waals surface area contributed by atoms with Crippen LogP contribution in [-0.2, 0) is 9.59 Å². The summed E-state index contributed by atoms with van der Waals surface area (Å²) < 4.78 is 4.29. The first-order valence-electron chi connectivity index (χ1n) is 9.90. The van der Waals surface area contributed by atoms with Crippen molar-refractivity contribution in [3.63, 3.8) is 0 Å². The minimum Gasteiger partial charge on any atom is -0.306 e. The number of aromatic nitrogens is 2. The van der Waals surface area contributed by atoms with Gasteiger partial charge in [0, 0.05) is 23.5 Å². The summed E-state index contributed by atoms with van der Waals surface area (Å²) in [6, 6.07) is 16.5. The van der Waals surface area contributed by atoms with E-state index in [1.54, 1.807) is 29.2 Å². The van der Waals surface area contributed by atoms with Gasteiger partial charge in [-0.1, -0.05) is 42.5 Å². The highest BCUT2D eigenvalue weighted by molar-refractivity contribution is 7.10. The number of hydrogen-bond donors (Lipinski definition) is 1. The fraction of sp³-hybridized carbons (Fsp3) is 0.227. The quantitative estimate of drug-likeness (QED) is 0.682. The molecule has 1 aromatic heterocycles. The number of para-hydroxylation sites is 1. The van der Waals surface area contributed by atoms with Crippen LogP contribution in [0.25, 0.3) is 11.4 Å². The van der Waals surface area contributed by atoms with Crippen LogP contribution in [0, 0.1) is 0 Å². The zero-order valence-corrected chi connectivity index (χ0v) is 17.6. The van der Waals surface area contributed by atoms with Crippen LogP contribution in [0.4, 0.5) is 10.8 Å². The number of fused-ring (bicyclic) bond motifs is 3. The first-order valence-corrected chi connectivity index (χ1v) is 10.7. The van der Waals surface area contributed by atoms with E-state index >= 15 is 0 Å². The number of rotatable bonds is 4. The van der Waals surface area contributed by atoms with Crippen LogP contribution < -0.4 is 10.2 Å². The van der Waals surface area contributed by atoms with Crippen molar-refractivity contribution in [3.05, 3.63) is 60.2 Å². The van der Waals surface area contributed by atoms with Gasteiger partial charge in [0.2, 0.25) is 16.9 Å². The van der Waals surface area contributed by atoms with Crippen LogP contribution in [0.1, 0.15) is 30.1 Å². The number of carbonyl (C=O) groups excluding carboxylic acids is 3. The van der Waals surface area contributed by atoms with Gasteiger partial charge >= 0.3 is 0 Å². The van der Waals surface area contributed by atoms with Gasteiger partial charge in [0.05, 0.1) is 11.3 Å². The summed E-state index contributed by atoms with van der Waals surface area (Å²) in [7, 11) is 0. The van der Waals surface area contributed by atoms with Crippen molar-refractivity contribution in [1.29, 1.82) is 0 Å². The molecule has 2 aromatic carbocycles. The van der Waals surface area contributed by atoms with Gasteiger partial charge in [-0.3, -0.25) is 24.6 Å². The highest BCUT2D eigenvalue weighted by Crippen LogP contribution is 2.43. The highest BCUT2D eigenvalue weighted by atomic mass is 32.1. The van der Waals surface area contributed by atoms with E-state index in [-0.39, 0.29) is 24.3 Å². The summed E-state index contributed by atoms with van der Waals surface area (Å²) in [5.41, 5.74) is 1.00. The average Bonchev–Trinajstić information content (AvgIpc) is 3.36. The summed E-state index contributed by atoms with van der Waals surface area (Å²) in [6.45, 7) is 1.64. The fourth-order valence-electron chi connectivity index (χ4n) is 4.22. The number of hydrogen-bond acceptors (Lipinski definition) is 6. The first kappa shape index (κ1) is 19.4. The molecule has 0 bridgehead atoms. The molecule has 1 unspecified atom stereocenters. The molecule has 9 heteroatoms. The monoisotopic (exact) mass is 433 g/mol. The molecule has 3 amide bonds. The van der Waals surface area contributed by atoms with Gasteiger partial charge in [-0.25, -0.2) is 0 Å². The molecule has 1 fully saturated rings. The number of nitrogens with one attached hydrogen (secondary N) is 1. The number of anilines is 2. The van der Waals surface area contributed by atoms with E-state index < -0.39 is 5.66 Å². The Balaban J connectivity index is 1.38. The third-order valence-electron chi connectivity index (χ3n) is 5.75. The number of amides is 3. The summed E-state index contributed by atoms with van der Waals surface area (Å²) in [5.74, 6) is -0.168. The maximum Gasteiger partial charge on any atom is 0.258 e. The second-order valence-corrected chi connectivity index (χ2v) is 8.44. The van der Waals surface area contributed by atoms with Gasteiger partial charge < -0.3 is 4.90 Å². The van der Waals surface area contributed by atoms with Crippen molar-refractivity contribution in [2.24, 2.45) is 0 Å². The lowest BCUT2D eigenvalue weighted by molar-refractivity contribution is -0.120. The third kappa shape index (κ3) is 3.17. The number of carbonyl (C=O) groups is 3. The molecule has 0 radical (unpaired) electrons. The molecule has 2 aliphatic heterocycles. The van der Waals surface area contributed by atoms with Crippen LogP contribution in [0.15, 0.2) is 54.6 Å². The van der Waals surface area contributed by atoms with Crippen LogP contribution in [0.2, 0.25) is 0 Å². The Morgan fingerprint density at radius 3 is 2.68 bits per heavy atom. The lowest BCUT2D eigenvalue weighted by Gasteiger charge is -2.48. The summed E-state index contributed by atoms with van der Waals surface area (Å²) >= 11 is 1.08. The van der Waals surface area contributed by atoms with E-state index in [0.29, 0.717) is 35.0 Å². The van der Waals surface area contributed by atoms with Gasteiger partial charge in [0.25, 0.3) is 5.91 Å². The van der Waals surface area contributed by atoms with E-state index in [1.165, 1.54) is 4.90 Å². The molecule has 0 spiro atoms. The predicted octanol–water partition coefficient (Wildman–Crippen LogP) is 3.14. The molecule has 8 nitrogen and oxygen atoms in total. The topological polar surface area (TPSA) is 95.5 Å². The SMILES string of the molecule is CC12CCC(=O)N1c1ccccc1C(=O)N2CC(=O)Nc1nc(-c2ccccc2)ns1. The standard InChI is InChI=1S/C22H19N5O3S/c1-22-12-11-18(29)27(22)16-10-6-5-9-15(16)20(30)26(22)13-17(28)23-21-24-19(25-31-21)14-7-3-2-4-8-14/h2-10H,11-13H2,1H3,(H,23,24,25,28). The Morgan fingerprint density at radius 1 is 1.13 bits per heavy atom. The smallest absolute Gasteiger partial charge is 0.258 e. The molecule has 5 rings (SSSR count). The van der Waals surface area contributed by atoms with Crippen LogP contribution in [0.5, 0.6) is 0 Å². The molecule has 2 aliphatic rings. The van der Waals surface area contributed by atoms with Gasteiger partial charge in [-0.05, 0) is 25.5 Å². The van der Waals surface area contributed by atoms with Crippen molar-refractivity contribution >= 4 is 40.1 Å². The Hall–Kier alpha value is -3.59. The molecule has 1 atom stereocenters.